The zero-order valence-corrected chi connectivity index (χ0v) is 8.95. The van der Waals surface area contributed by atoms with Crippen LogP contribution in [0.4, 0.5) is 0 Å². The van der Waals surface area contributed by atoms with E-state index in [-0.39, 0.29) is 13.2 Å². The van der Waals surface area contributed by atoms with Crippen molar-refractivity contribution in [1.29, 1.82) is 0 Å². The number of ether oxygens (including phenoxy) is 2. The third-order valence-electron chi connectivity index (χ3n) is 1.84. The largest absolute Gasteiger partial charge is 0.394 e. The summed E-state index contributed by atoms with van der Waals surface area (Å²) in [5, 5.41) is 17.4. The molecule has 4 nitrogen and oxygen atoms in total. The Balaban J connectivity index is 3.04. The van der Waals surface area contributed by atoms with E-state index in [2.05, 4.69) is 6.92 Å². The van der Waals surface area contributed by atoms with Gasteiger partial charge in [0.25, 0.3) is 0 Å². The minimum absolute atomic E-state index is 0.132. The molecule has 2 N–H and O–H groups in total. The maximum atomic E-state index is 8.68. The summed E-state index contributed by atoms with van der Waals surface area (Å²) in [4.78, 5) is 0. The lowest BCUT2D eigenvalue weighted by Gasteiger charge is -2.12. The first-order valence-corrected chi connectivity index (χ1v) is 5.26. The highest BCUT2D eigenvalue weighted by molar-refractivity contribution is 4.51. The van der Waals surface area contributed by atoms with E-state index in [0.29, 0.717) is 13.2 Å². The molecule has 0 aliphatic carbocycles. The zero-order chi connectivity index (χ0) is 10.6. The van der Waals surface area contributed by atoms with Crippen LogP contribution in [0.25, 0.3) is 0 Å². The molecule has 4 heteroatoms. The molecule has 0 spiro atoms. The molecule has 0 fully saturated rings. The van der Waals surface area contributed by atoms with Gasteiger partial charge in [-0.3, -0.25) is 0 Å². The summed E-state index contributed by atoms with van der Waals surface area (Å²) < 4.78 is 10.5. The SMILES string of the molecule is CCCCOCCCOC(CO)CO. The standard InChI is InChI=1S/C10H22O4/c1-2-3-5-13-6-4-7-14-10(8-11)9-12/h10-12H,2-9H2,1H3. The molecule has 0 unspecified atom stereocenters. The zero-order valence-electron chi connectivity index (χ0n) is 8.95. The molecule has 14 heavy (non-hydrogen) atoms. The third kappa shape index (κ3) is 8.44. The predicted octanol–water partition coefficient (Wildman–Crippen LogP) is 0.563. The fourth-order valence-corrected chi connectivity index (χ4v) is 0.923. The second kappa shape index (κ2) is 10.9. The smallest absolute Gasteiger partial charge is 0.104 e. The summed E-state index contributed by atoms with van der Waals surface area (Å²) in [5.41, 5.74) is 0. The molecule has 86 valence electrons. The van der Waals surface area contributed by atoms with Crippen LogP contribution in [-0.2, 0) is 9.47 Å². The molecule has 0 atom stereocenters. The van der Waals surface area contributed by atoms with E-state index < -0.39 is 6.10 Å². The number of rotatable bonds is 10. The first kappa shape index (κ1) is 13.8. The lowest BCUT2D eigenvalue weighted by atomic mass is 10.3. The van der Waals surface area contributed by atoms with Crippen molar-refractivity contribution in [3.63, 3.8) is 0 Å². The molecule has 0 bridgehead atoms. The minimum atomic E-state index is -0.439. The van der Waals surface area contributed by atoms with Crippen LogP contribution >= 0.6 is 0 Å². The number of aliphatic hydroxyl groups is 2. The van der Waals surface area contributed by atoms with Gasteiger partial charge in [-0.05, 0) is 12.8 Å². The van der Waals surface area contributed by atoms with Crippen LogP contribution in [0.15, 0.2) is 0 Å². The first-order valence-electron chi connectivity index (χ1n) is 5.26. The lowest BCUT2D eigenvalue weighted by molar-refractivity contribution is -0.0268. The summed E-state index contributed by atoms with van der Waals surface area (Å²) >= 11 is 0. The van der Waals surface area contributed by atoms with E-state index in [4.69, 9.17) is 19.7 Å². The van der Waals surface area contributed by atoms with Crippen molar-refractivity contribution in [2.45, 2.75) is 32.3 Å². The van der Waals surface area contributed by atoms with Gasteiger partial charge in [0.2, 0.25) is 0 Å². The highest BCUT2D eigenvalue weighted by atomic mass is 16.5. The van der Waals surface area contributed by atoms with Crippen molar-refractivity contribution in [1.82, 2.24) is 0 Å². The summed E-state index contributed by atoms with van der Waals surface area (Å²) in [5.74, 6) is 0. The molecule has 0 heterocycles. The predicted molar refractivity (Wildman–Crippen MR) is 54.3 cm³/mol. The van der Waals surface area contributed by atoms with E-state index in [9.17, 15) is 0 Å². The molecule has 0 aromatic carbocycles. The quantitative estimate of drug-likeness (QED) is 0.513. The van der Waals surface area contributed by atoms with Crippen LogP contribution in [0.1, 0.15) is 26.2 Å². The van der Waals surface area contributed by atoms with Crippen molar-refractivity contribution in [2.24, 2.45) is 0 Å². The molecule has 0 saturated heterocycles. The van der Waals surface area contributed by atoms with Crippen LogP contribution in [0.2, 0.25) is 0 Å². The van der Waals surface area contributed by atoms with E-state index in [0.717, 1.165) is 25.9 Å². The van der Waals surface area contributed by atoms with Gasteiger partial charge in [0.1, 0.15) is 6.10 Å². The van der Waals surface area contributed by atoms with Gasteiger partial charge in [-0.2, -0.15) is 0 Å². The van der Waals surface area contributed by atoms with Crippen LogP contribution in [-0.4, -0.2) is 49.4 Å². The van der Waals surface area contributed by atoms with E-state index >= 15 is 0 Å². The highest BCUT2D eigenvalue weighted by Gasteiger charge is 2.04. The van der Waals surface area contributed by atoms with Gasteiger partial charge in [-0.1, -0.05) is 13.3 Å². The van der Waals surface area contributed by atoms with Gasteiger partial charge >= 0.3 is 0 Å². The van der Waals surface area contributed by atoms with Crippen LogP contribution in [0, 0.1) is 0 Å². The molecule has 0 aromatic heterocycles. The molecular formula is C10H22O4. The summed E-state index contributed by atoms with van der Waals surface area (Å²) in [6.45, 7) is 3.88. The average molecular weight is 206 g/mol. The maximum Gasteiger partial charge on any atom is 0.104 e. The molecule has 0 amide bonds. The molecule has 0 aliphatic heterocycles. The molecular weight excluding hydrogens is 184 g/mol. The summed E-state index contributed by atoms with van der Waals surface area (Å²) in [7, 11) is 0. The Labute approximate surface area is 85.8 Å². The Kier molecular flexibility index (Phi) is 10.8. The van der Waals surface area contributed by atoms with Crippen molar-refractivity contribution in [2.75, 3.05) is 33.0 Å². The van der Waals surface area contributed by atoms with Crippen molar-refractivity contribution < 1.29 is 19.7 Å². The first-order chi connectivity index (χ1) is 6.85. The Bertz CT molecular complexity index is 104. The van der Waals surface area contributed by atoms with Crippen molar-refractivity contribution in [3.8, 4) is 0 Å². The van der Waals surface area contributed by atoms with E-state index in [1.807, 2.05) is 0 Å². The fraction of sp³-hybridized carbons (Fsp3) is 1.00. The van der Waals surface area contributed by atoms with E-state index in [1.165, 1.54) is 0 Å². The van der Waals surface area contributed by atoms with Crippen molar-refractivity contribution in [3.05, 3.63) is 0 Å². The summed E-state index contributed by atoms with van der Waals surface area (Å²) in [6.07, 6.45) is 2.61. The van der Waals surface area contributed by atoms with Gasteiger partial charge in [-0.25, -0.2) is 0 Å². The highest BCUT2D eigenvalue weighted by Crippen LogP contribution is 1.94. The molecule has 0 rings (SSSR count). The number of unbranched alkanes of at least 4 members (excludes halogenated alkanes) is 1. The van der Waals surface area contributed by atoms with E-state index in [1.54, 1.807) is 0 Å². The Hall–Kier alpha value is -0.160. The van der Waals surface area contributed by atoms with Gasteiger partial charge in [0.05, 0.1) is 13.2 Å². The Morgan fingerprint density at radius 3 is 2.21 bits per heavy atom. The molecule has 0 radical (unpaired) electrons. The molecule has 0 aliphatic rings. The Morgan fingerprint density at radius 1 is 1.00 bits per heavy atom. The van der Waals surface area contributed by atoms with Gasteiger partial charge in [-0.15, -0.1) is 0 Å². The second-order valence-corrected chi connectivity index (χ2v) is 3.18. The Morgan fingerprint density at radius 2 is 1.64 bits per heavy atom. The lowest BCUT2D eigenvalue weighted by Crippen LogP contribution is -2.22. The average Bonchev–Trinajstić information content (AvgIpc) is 2.22. The number of hydrogen-bond donors (Lipinski definition) is 2. The maximum absolute atomic E-state index is 8.68. The number of aliphatic hydroxyl groups excluding tert-OH is 2. The molecule has 0 aromatic rings. The van der Waals surface area contributed by atoms with Crippen molar-refractivity contribution >= 4 is 0 Å². The second-order valence-electron chi connectivity index (χ2n) is 3.18. The van der Waals surface area contributed by atoms with Gasteiger partial charge in [0.15, 0.2) is 0 Å². The van der Waals surface area contributed by atoms with Crippen LogP contribution in [0.5, 0.6) is 0 Å². The normalized spacial score (nSPS) is 11.1. The fourth-order valence-electron chi connectivity index (χ4n) is 0.923. The molecule has 0 saturated carbocycles. The minimum Gasteiger partial charge on any atom is -0.394 e. The summed E-state index contributed by atoms with van der Waals surface area (Å²) in [6, 6.07) is 0. The number of hydrogen-bond acceptors (Lipinski definition) is 4. The van der Waals surface area contributed by atoms with Gasteiger partial charge in [0, 0.05) is 19.8 Å². The monoisotopic (exact) mass is 206 g/mol. The van der Waals surface area contributed by atoms with Gasteiger partial charge < -0.3 is 19.7 Å². The topological polar surface area (TPSA) is 58.9 Å². The third-order valence-corrected chi connectivity index (χ3v) is 1.84. The van der Waals surface area contributed by atoms with Crippen LogP contribution in [0.3, 0.4) is 0 Å². The van der Waals surface area contributed by atoms with Crippen LogP contribution < -0.4 is 0 Å².